The molecule has 2 saturated carbocycles. The van der Waals surface area contributed by atoms with Crippen LogP contribution in [0.2, 0.25) is 0 Å². The van der Waals surface area contributed by atoms with E-state index in [1.54, 1.807) is 6.07 Å². The molecule has 0 heterocycles. The molecule has 0 bridgehead atoms. The van der Waals surface area contributed by atoms with Gasteiger partial charge in [0.2, 0.25) is 0 Å². The predicted octanol–water partition coefficient (Wildman–Crippen LogP) is 7.70. The molecule has 0 aromatic heterocycles. The lowest BCUT2D eigenvalue weighted by Crippen LogP contribution is -2.26. The summed E-state index contributed by atoms with van der Waals surface area (Å²) < 4.78 is 26.3. The molecule has 0 atom stereocenters. The van der Waals surface area contributed by atoms with Gasteiger partial charge in [0.05, 0.1) is 0 Å². The van der Waals surface area contributed by atoms with Gasteiger partial charge in [0.15, 0.2) is 11.6 Å². The summed E-state index contributed by atoms with van der Waals surface area (Å²) in [7, 11) is 0. The van der Waals surface area contributed by atoms with Gasteiger partial charge in [0, 0.05) is 0 Å². The quantitative estimate of drug-likeness (QED) is 0.466. The number of aryl methyl sites for hydroxylation is 1. The summed E-state index contributed by atoms with van der Waals surface area (Å²) in [6.07, 6.45) is 17.6. The second-order valence-corrected chi connectivity index (χ2v) is 8.99. The Morgan fingerprint density at radius 3 is 1.88 bits per heavy atom. The monoisotopic (exact) mass is 362 g/mol. The van der Waals surface area contributed by atoms with E-state index < -0.39 is 11.6 Å². The first-order valence-electron chi connectivity index (χ1n) is 11.1. The maximum Gasteiger partial charge on any atom is 0.159 e. The van der Waals surface area contributed by atoms with Gasteiger partial charge < -0.3 is 0 Å². The Kier molecular flexibility index (Phi) is 7.52. The van der Waals surface area contributed by atoms with Crippen LogP contribution in [0.25, 0.3) is 0 Å². The van der Waals surface area contributed by atoms with E-state index in [0.29, 0.717) is 0 Å². The molecule has 1 aromatic rings. The van der Waals surface area contributed by atoms with Crippen LogP contribution in [0.15, 0.2) is 18.2 Å². The fourth-order valence-corrected chi connectivity index (χ4v) is 5.46. The molecular formula is C24H36F2. The van der Waals surface area contributed by atoms with Crippen LogP contribution < -0.4 is 0 Å². The predicted molar refractivity (Wildman–Crippen MR) is 105 cm³/mol. The highest BCUT2D eigenvalue weighted by atomic mass is 19.2. The zero-order chi connectivity index (χ0) is 18.4. The summed E-state index contributed by atoms with van der Waals surface area (Å²) in [4.78, 5) is 0. The van der Waals surface area contributed by atoms with Crippen molar-refractivity contribution in [3.63, 3.8) is 0 Å². The normalized spacial score (nSPS) is 29.7. The molecule has 0 unspecified atom stereocenters. The van der Waals surface area contributed by atoms with Gasteiger partial charge in [-0.3, -0.25) is 0 Å². The summed E-state index contributed by atoms with van der Waals surface area (Å²) in [5, 5.41) is 0. The van der Waals surface area contributed by atoms with Crippen molar-refractivity contribution >= 4 is 0 Å². The van der Waals surface area contributed by atoms with Crippen LogP contribution in [0.1, 0.15) is 89.5 Å². The van der Waals surface area contributed by atoms with Crippen LogP contribution in [0, 0.1) is 35.3 Å². The Morgan fingerprint density at radius 1 is 0.769 bits per heavy atom. The van der Waals surface area contributed by atoms with Crippen LogP contribution in [0.4, 0.5) is 8.78 Å². The maximum atomic E-state index is 13.3. The molecule has 0 nitrogen and oxygen atoms in total. The van der Waals surface area contributed by atoms with E-state index in [-0.39, 0.29) is 0 Å². The zero-order valence-electron chi connectivity index (χ0n) is 16.5. The minimum Gasteiger partial charge on any atom is -0.204 e. The van der Waals surface area contributed by atoms with Gasteiger partial charge in [0.25, 0.3) is 0 Å². The molecule has 0 amide bonds. The molecule has 26 heavy (non-hydrogen) atoms. The van der Waals surface area contributed by atoms with Crippen molar-refractivity contribution < 1.29 is 8.78 Å². The topological polar surface area (TPSA) is 0 Å². The molecule has 3 rings (SSSR count). The van der Waals surface area contributed by atoms with Crippen LogP contribution in [-0.4, -0.2) is 0 Å². The molecule has 2 fully saturated rings. The first-order chi connectivity index (χ1) is 12.7. The van der Waals surface area contributed by atoms with Crippen molar-refractivity contribution in [3.8, 4) is 0 Å². The Morgan fingerprint density at radius 2 is 1.35 bits per heavy atom. The lowest BCUT2D eigenvalue weighted by molar-refractivity contribution is 0.140. The molecule has 2 aliphatic rings. The standard InChI is InChI=1S/C24H36F2/c1-2-3-4-18-7-12-21(13-8-18)22-14-9-19(10-15-22)5-6-20-11-16-23(25)24(26)17-20/h11,16-19,21-22H,2-10,12-15H2,1H3/t18-,19-,21-,22-. The second kappa shape index (κ2) is 9.85. The summed E-state index contributed by atoms with van der Waals surface area (Å²) in [6.45, 7) is 2.30. The number of rotatable bonds is 7. The van der Waals surface area contributed by atoms with Crippen LogP contribution in [0.5, 0.6) is 0 Å². The summed E-state index contributed by atoms with van der Waals surface area (Å²) in [6, 6.07) is 4.37. The van der Waals surface area contributed by atoms with Gasteiger partial charge in [-0.2, -0.15) is 0 Å². The zero-order valence-corrected chi connectivity index (χ0v) is 16.5. The minimum atomic E-state index is -0.737. The van der Waals surface area contributed by atoms with Crippen molar-refractivity contribution in [1.29, 1.82) is 0 Å². The molecular weight excluding hydrogens is 326 g/mol. The largest absolute Gasteiger partial charge is 0.204 e. The molecule has 0 spiro atoms. The highest BCUT2D eigenvalue weighted by Crippen LogP contribution is 2.43. The molecule has 2 aliphatic carbocycles. The highest BCUT2D eigenvalue weighted by Gasteiger charge is 2.30. The third kappa shape index (κ3) is 5.54. The molecule has 146 valence electrons. The number of hydrogen-bond donors (Lipinski definition) is 0. The maximum absolute atomic E-state index is 13.3. The number of benzene rings is 1. The number of hydrogen-bond acceptors (Lipinski definition) is 0. The van der Waals surface area contributed by atoms with Crippen molar-refractivity contribution in [2.45, 2.75) is 90.4 Å². The molecule has 2 heteroatoms. The summed E-state index contributed by atoms with van der Waals surface area (Å²) in [5.74, 6) is 2.29. The fraction of sp³-hybridized carbons (Fsp3) is 0.750. The summed E-state index contributed by atoms with van der Waals surface area (Å²) in [5.41, 5.74) is 0.941. The van der Waals surface area contributed by atoms with Crippen LogP contribution >= 0.6 is 0 Å². The average molecular weight is 363 g/mol. The Labute approximate surface area is 158 Å². The van der Waals surface area contributed by atoms with Crippen LogP contribution in [-0.2, 0) is 6.42 Å². The first kappa shape index (κ1) is 19.8. The molecule has 1 aromatic carbocycles. The van der Waals surface area contributed by atoms with Crippen molar-refractivity contribution in [2.24, 2.45) is 23.7 Å². The number of unbranched alkanes of at least 4 members (excludes halogenated alkanes) is 1. The first-order valence-corrected chi connectivity index (χ1v) is 11.1. The van der Waals surface area contributed by atoms with E-state index >= 15 is 0 Å². The van der Waals surface area contributed by atoms with Crippen molar-refractivity contribution in [1.82, 2.24) is 0 Å². The highest BCUT2D eigenvalue weighted by molar-refractivity contribution is 5.17. The van der Waals surface area contributed by atoms with Crippen molar-refractivity contribution in [2.75, 3.05) is 0 Å². The van der Waals surface area contributed by atoms with Gasteiger partial charge in [-0.15, -0.1) is 0 Å². The Bertz CT molecular complexity index is 537. The van der Waals surface area contributed by atoms with Crippen LogP contribution in [0.3, 0.4) is 0 Å². The van der Waals surface area contributed by atoms with Crippen molar-refractivity contribution in [3.05, 3.63) is 35.4 Å². The molecule has 0 radical (unpaired) electrons. The van der Waals surface area contributed by atoms with Gasteiger partial charge >= 0.3 is 0 Å². The molecule has 0 aliphatic heterocycles. The Hall–Kier alpha value is -0.920. The number of halogens is 2. The summed E-state index contributed by atoms with van der Waals surface area (Å²) >= 11 is 0. The van der Waals surface area contributed by atoms with Gasteiger partial charge in [-0.1, -0.05) is 57.9 Å². The van der Waals surface area contributed by atoms with Gasteiger partial charge in [-0.05, 0) is 79.9 Å². The fourth-order valence-electron chi connectivity index (χ4n) is 5.46. The lowest BCUT2D eigenvalue weighted by Gasteiger charge is -2.38. The smallest absolute Gasteiger partial charge is 0.159 e. The van der Waals surface area contributed by atoms with E-state index in [4.69, 9.17) is 0 Å². The van der Waals surface area contributed by atoms with E-state index in [1.807, 2.05) is 0 Å². The minimum absolute atomic E-state index is 0.708. The molecule has 0 N–H and O–H groups in total. The Balaban J connectivity index is 1.36. The van der Waals surface area contributed by atoms with Gasteiger partial charge in [0.1, 0.15) is 0 Å². The lowest BCUT2D eigenvalue weighted by atomic mass is 9.68. The SMILES string of the molecule is CCCC[C@H]1CC[C@H]([C@H]2CC[C@H](CCc3ccc(F)c(F)c3)CC2)CC1. The van der Waals surface area contributed by atoms with E-state index in [0.717, 1.165) is 42.1 Å². The van der Waals surface area contributed by atoms with E-state index in [2.05, 4.69) is 6.92 Å². The van der Waals surface area contributed by atoms with E-state index in [1.165, 1.54) is 82.8 Å². The average Bonchev–Trinajstić information content (AvgIpc) is 2.68. The second-order valence-electron chi connectivity index (χ2n) is 8.99. The van der Waals surface area contributed by atoms with E-state index in [9.17, 15) is 8.78 Å². The third-order valence-electron chi connectivity index (χ3n) is 7.24. The molecule has 0 saturated heterocycles. The van der Waals surface area contributed by atoms with Gasteiger partial charge in [-0.25, -0.2) is 8.78 Å². The third-order valence-corrected chi connectivity index (χ3v) is 7.24.